The maximum absolute atomic E-state index is 11.8. The molecule has 3 N–H and O–H groups in total. The summed E-state index contributed by atoms with van der Waals surface area (Å²) in [6, 6.07) is -1.54. The zero-order valence-electron chi connectivity index (χ0n) is 12.8. The smallest absolute Gasteiger partial charge is 0.326 e. The number of esters is 1. The quantitative estimate of drug-likeness (QED) is 0.641. The van der Waals surface area contributed by atoms with Crippen LogP contribution in [0.3, 0.4) is 0 Å². The maximum Gasteiger partial charge on any atom is 0.326 e. The van der Waals surface area contributed by atoms with Gasteiger partial charge in [-0.05, 0) is 31.1 Å². The highest BCUT2D eigenvalue weighted by atomic mass is 16.5. The highest BCUT2D eigenvalue weighted by Gasteiger charge is 2.32. The van der Waals surface area contributed by atoms with Crippen LogP contribution in [0.4, 0.5) is 4.79 Å². The first-order valence-electron chi connectivity index (χ1n) is 7.10. The fraction of sp³-hybridized carbons (Fsp3) is 0.786. The van der Waals surface area contributed by atoms with Crippen molar-refractivity contribution in [2.75, 3.05) is 7.11 Å². The summed E-state index contributed by atoms with van der Waals surface area (Å²) in [5.41, 5.74) is 0.203. The van der Waals surface area contributed by atoms with Gasteiger partial charge in [-0.2, -0.15) is 0 Å². The first-order valence-corrected chi connectivity index (χ1v) is 7.10. The van der Waals surface area contributed by atoms with Gasteiger partial charge in [0.25, 0.3) is 0 Å². The minimum absolute atomic E-state index is 0.00554. The third-order valence-electron chi connectivity index (χ3n) is 3.77. The van der Waals surface area contributed by atoms with Crippen LogP contribution in [0.2, 0.25) is 0 Å². The van der Waals surface area contributed by atoms with Crippen molar-refractivity contribution in [3.05, 3.63) is 0 Å². The van der Waals surface area contributed by atoms with Crippen molar-refractivity contribution >= 4 is 18.0 Å². The molecule has 0 aromatic heterocycles. The number of rotatable bonds is 6. The number of urea groups is 1. The Morgan fingerprint density at radius 3 is 2.52 bits per heavy atom. The van der Waals surface area contributed by atoms with Crippen molar-refractivity contribution in [2.45, 2.75) is 58.0 Å². The number of ether oxygens (including phenoxy) is 1. The molecular weight excluding hydrogens is 276 g/mol. The van der Waals surface area contributed by atoms with Gasteiger partial charge in [0.2, 0.25) is 0 Å². The molecule has 0 aromatic carbocycles. The molecule has 1 aliphatic rings. The number of carboxylic acids is 1. The molecule has 7 heteroatoms. The molecule has 0 radical (unpaired) electrons. The van der Waals surface area contributed by atoms with E-state index in [9.17, 15) is 14.4 Å². The number of methoxy groups -OCH3 is 1. The van der Waals surface area contributed by atoms with Crippen LogP contribution in [0.1, 0.15) is 46.0 Å². The second-order valence-electron chi connectivity index (χ2n) is 6.23. The van der Waals surface area contributed by atoms with Gasteiger partial charge in [0.15, 0.2) is 0 Å². The van der Waals surface area contributed by atoms with Crippen molar-refractivity contribution < 1.29 is 24.2 Å². The lowest BCUT2D eigenvalue weighted by Gasteiger charge is -2.19. The average Bonchev–Trinajstić information content (AvgIpc) is 2.72. The number of aliphatic carboxylic acids is 1. The van der Waals surface area contributed by atoms with Gasteiger partial charge in [-0.25, -0.2) is 9.59 Å². The molecule has 0 aromatic rings. The first kappa shape index (κ1) is 17.3. The molecule has 7 nitrogen and oxygen atoms in total. The van der Waals surface area contributed by atoms with Crippen LogP contribution >= 0.6 is 0 Å². The summed E-state index contributed by atoms with van der Waals surface area (Å²) in [5.74, 6) is -1.66. The Morgan fingerprint density at radius 1 is 1.38 bits per heavy atom. The maximum atomic E-state index is 11.8. The first-order chi connectivity index (χ1) is 9.73. The zero-order valence-corrected chi connectivity index (χ0v) is 12.8. The second kappa shape index (κ2) is 7.28. The number of nitrogens with one attached hydrogen (secondary N) is 2. The molecule has 0 bridgehead atoms. The average molecular weight is 300 g/mol. The number of carboxylic acid groups (broad SMARTS) is 1. The number of hydrogen-bond acceptors (Lipinski definition) is 4. The summed E-state index contributed by atoms with van der Waals surface area (Å²) in [4.78, 5) is 34.0. The predicted molar refractivity (Wildman–Crippen MR) is 75.8 cm³/mol. The second-order valence-corrected chi connectivity index (χ2v) is 6.23. The number of carbonyl (C=O) groups is 3. The van der Waals surface area contributed by atoms with E-state index in [0.717, 1.165) is 19.3 Å². The molecule has 1 rings (SSSR count). The highest BCUT2D eigenvalue weighted by molar-refractivity contribution is 5.83. The number of hydrogen-bond donors (Lipinski definition) is 3. The van der Waals surface area contributed by atoms with Crippen LogP contribution in [0.5, 0.6) is 0 Å². The monoisotopic (exact) mass is 300 g/mol. The summed E-state index contributed by atoms with van der Waals surface area (Å²) in [6.07, 6.45) is 2.75. The minimum Gasteiger partial charge on any atom is -0.480 e. The van der Waals surface area contributed by atoms with E-state index in [2.05, 4.69) is 29.2 Å². The Labute approximate surface area is 124 Å². The molecule has 1 aliphatic carbocycles. The van der Waals surface area contributed by atoms with Gasteiger partial charge >= 0.3 is 18.0 Å². The number of amides is 2. The molecule has 2 atom stereocenters. The van der Waals surface area contributed by atoms with E-state index in [4.69, 9.17) is 5.11 Å². The molecule has 1 unspecified atom stereocenters. The molecule has 0 aliphatic heterocycles. The lowest BCUT2D eigenvalue weighted by Crippen LogP contribution is -2.48. The third kappa shape index (κ3) is 6.01. The molecule has 0 heterocycles. The Hall–Kier alpha value is -1.79. The van der Waals surface area contributed by atoms with E-state index in [1.807, 2.05) is 0 Å². The Balaban J connectivity index is 2.42. The summed E-state index contributed by atoms with van der Waals surface area (Å²) < 4.78 is 4.46. The van der Waals surface area contributed by atoms with Gasteiger partial charge in [0.05, 0.1) is 7.11 Å². The third-order valence-corrected chi connectivity index (χ3v) is 3.77. The molecule has 21 heavy (non-hydrogen) atoms. The van der Waals surface area contributed by atoms with Crippen LogP contribution in [-0.2, 0) is 14.3 Å². The summed E-state index contributed by atoms with van der Waals surface area (Å²) in [5, 5.41) is 14.2. The topological polar surface area (TPSA) is 105 Å². The Bertz CT molecular complexity index is 408. The van der Waals surface area contributed by atoms with Gasteiger partial charge in [0, 0.05) is 12.5 Å². The molecular formula is C14H24N2O5. The molecule has 0 spiro atoms. The fourth-order valence-electron chi connectivity index (χ4n) is 2.57. The van der Waals surface area contributed by atoms with Crippen LogP contribution in [0.15, 0.2) is 0 Å². The lowest BCUT2D eigenvalue weighted by molar-refractivity contribution is -0.142. The Morgan fingerprint density at radius 2 is 2.05 bits per heavy atom. The summed E-state index contributed by atoms with van der Waals surface area (Å²) in [7, 11) is 1.24. The van der Waals surface area contributed by atoms with E-state index in [0.29, 0.717) is 0 Å². The van der Waals surface area contributed by atoms with E-state index in [1.165, 1.54) is 7.11 Å². The molecule has 1 saturated carbocycles. The van der Waals surface area contributed by atoms with Crippen molar-refractivity contribution in [1.29, 1.82) is 0 Å². The van der Waals surface area contributed by atoms with E-state index < -0.39 is 24.0 Å². The van der Waals surface area contributed by atoms with Crippen molar-refractivity contribution in [3.63, 3.8) is 0 Å². The lowest BCUT2D eigenvalue weighted by atomic mass is 9.92. The number of carbonyl (C=O) groups excluding carboxylic acids is 2. The van der Waals surface area contributed by atoms with Gasteiger partial charge < -0.3 is 20.5 Å². The van der Waals surface area contributed by atoms with E-state index in [-0.39, 0.29) is 24.3 Å². The largest absolute Gasteiger partial charge is 0.480 e. The van der Waals surface area contributed by atoms with Crippen molar-refractivity contribution in [2.24, 2.45) is 5.41 Å². The molecule has 1 fully saturated rings. The molecule has 0 saturated heterocycles. The van der Waals surface area contributed by atoms with Crippen LogP contribution in [0, 0.1) is 5.41 Å². The van der Waals surface area contributed by atoms with Gasteiger partial charge in [-0.3, -0.25) is 4.79 Å². The van der Waals surface area contributed by atoms with Crippen LogP contribution in [-0.4, -0.2) is 42.3 Å². The molecule has 120 valence electrons. The van der Waals surface area contributed by atoms with Crippen LogP contribution < -0.4 is 10.6 Å². The van der Waals surface area contributed by atoms with E-state index >= 15 is 0 Å². The summed E-state index contributed by atoms with van der Waals surface area (Å²) in [6.45, 7) is 4.28. The Kier molecular flexibility index (Phi) is 5.99. The summed E-state index contributed by atoms with van der Waals surface area (Å²) >= 11 is 0. The van der Waals surface area contributed by atoms with Crippen LogP contribution in [0.25, 0.3) is 0 Å². The minimum atomic E-state index is -1.17. The highest BCUT2D eigenvalue weighted by Crippen LogP contribution is 2.36. The molecule has 2 amide bonds. The van der Waals surface area contributed by atoms with Crippen molar-refractivity contribution in [3.8, 4) is 0 Å². The standard InChI is InChI=1S/C14H24N2O5/c1-14(2)7-6-9(8-14)15-13(20)16-10(12(18)19)4-5-11(17)21-3/h9-10H,4-8H2,1-3H3,(H,18,19)(H2,15,16,20)/t9?,10-/m1/s1. The normalized spacial score (nSPS) is 21.4. The fourth-order valence-corrected chi connectivity index (χ4v) is 2.57. The zero-order chi connectivity index (χ0) is 16.0. The van der Waals surface area contributed by atoms with Crippen molar-refractivity contribution in [1.82, 2.24) is 10.6 Å². The van der Waals surface area contributed by atoms with Gasteiger partial charge in [-0.15, -0.1) is 0 Å². The van der Waals surface area contributed by atoms with E-state index in [1.54, 1.807) is 0 Å². The predicted octanol–water partition coefficient (Wildman–Crippen LogP) is 1.27. The SMILES string of the molecule is COC(=O)CC[C@@H](NC(=O)NC1CCC(C)(C)C1)C(=O)O. The van der Waals surface area contributed by atoms with Gasteiger partial charge in [-0.1, -0.05) is 13.8 Å². The van der Waals surface area contributed by atoms with Gasteiger partial charge in [0.1, 0.15) is 6.04 Å².